The van der Waals surface area contributed by atoms with Gasteiger partial charge in [0.2, 0.25) is 5.91 Å². The summed E-state index contributed by atoms with van der Waals surface area (Å²) in [6, 6.07) is 6.99. The van der Waals surface area contributed by atoms with Crippen LogP contribution in [0, 0.1) is 0 Å². The van der Waals surface area contributed by atoms with Crippen LogP contribution in [0.4, 0.5) is 4.79 Å². The van der Waals surface area contributed by atoms with E-state index >= 15 is 0 Å². The van der Waals surface area contributed by atoms with E-state index in [9.17, 15) is 9.59 Å². The van der Waals surface area contributed by atoms with Crippen molar-refractivity contribution in [1.29, 1.82) is 0 Å². The fraction of sp³-hybridized carbons (Fsp3) is 0.529. The summed E-state index contributed by atoms with van der Waals surface area (Å²) in [5.74, 6) is 0.422. The Morgan fingerprint density at radius 3 is 2.52 bits per heavy atom. The Kier molecular flexibility index (Phi) is 7.97. The van der Waals surface area contributed by atoms with E-state index in [0.29, 0.717) is 23.9 Å². The Balaban J connectivity index is 1.62. The van der Waals surface area contributed by atoms with Gasteiger partial charge in [-0.1, -0.05) is 23.7 Å². The van der Waals surface area contributed by atoms with Crippen LogP contribution in [0.1, 0.15) is 6.92 Å². The average Bonchev–Trinajstić information content (AvgIpc) is 2.58. The lowest BCUT2D eigenvalue weighted by Crippen LogP contribution is -2.51. The number of piperazine rings is 1. The maximum Gasteiger partial charge on any atom is 0.321 e. The third-order valence-corrected chi connectivity index (χ3v) is 4.24. The number of halogens is 1. The number of hydrogen-bond acceptors (Lipinski definition) is 5. The Morgan fingerprint density at radius 1 is 1.16 bits per heavy atom. The number of amides is 3. The third-order valence-electron chi connectivity index (χ3n) is 3.92. The molecule has 0 atom stereocenters. The molecule has 25 heavy (non-hydrogen) atoms. The van der Waals surface area contributed by atoms with Gasteiger partial charge in [-0.05, 0) is 19.1 Å². The van der Waals surface area contributed by atoms with Gasteiger partial charge in [-0.3, -0.25) is 19.9 Å². The van der Waals surface area contributed by atoms with E-state index in [1.807, 2.05) is 29.2 Å². The van der Waals surface area contributed by atoms with Gasteiger partial charge in [0.25, 0.3) is 0 Å². The second-order valence-electron chi connectivity index (χ2n) is 5.80. The lowest BCUT2D eigenvalue weighted by molar-refractivity contribution is -0.121. The first-order valence-corrected chi connectivity index (χ1v) is 8.86. The van der Waals surface area contributed by atoms with E-state index in [-0.39, 0.29) is 12.5 Å². The van der Waals surface area contributed by atoms with E-state index in [1.54, 1.807) is 6.92 Å². The van der Waals surface area contributed by atoms with Crippen LogP contribution in [-0.2, 0) is 4.79 Å². The first-order chi connectivity index (χ1) is 12.1. The Labute approximate surface area is 153 Å². The number of carbonyl (C=O) groups is 2. The summed E-state index contributed by atoms with van der Waals surface area (Å²) in [5, 5.41) is 5.48. The molecule has 3 amide bonds. The van der Waals surface area contributed by atoms with Crippen molar-refractivity contribution in [2.45, 2.75) is 6.92 Å². The number of para-hydroxylation sites is 1. The highest BCUT2D eigenvalue weighted by molar-refractivity contribution is 6.32. The average molecular weight is 369 g/mol. The summed E-state index contributed by atoms with van der Waals surface area (Å²) in [6.45, 7) is 7.21. The van der Waals surface area contributed by atoms with Crippen LogP contribution in [0.2, 0.25) is 5.02 Å². The van der Waals surface area contributed by atoms with Crippen molar-refractivity contribution < 1.29 is 14.3 Å². The van der Waals surface area contributed by atoms with Crippen molar-refractivity contribution in [3.05, 3.63) is 29.3 Å². The molecule has 138 valence electrons. The fourth-order valence-corrected chi connectivity index (χ4v) is 2.78. The van der Waals surface area contributed by atoms with Gasteiger partial charge in [-0.2, -0.15) is 0 Å². The predicted molar refractivity (Wildman–Crippen MR) is 97.0 cm³/mol. The number of ether oxygens (including phenoxy) is 1. The fourth-order valence-electron chi connectivity index (χ4n) is 2.59. The first-order valence-electron chi connectivity index (χ1n) is 8.48. The summed E-state index contributed by atoms with van der Waals surface area (Å²) in [4.78, 5) is 27.4. The van der Waals surface area contributed by atoms with Crippen molar-refractivity contribution in [1.82, 2.24) is 20.4 Å². The zero-order valence-corrected chi connectivity index (χ0v) is 15.2. The molecule has 0 saturated carbocycles. The van der Waals surface area contributed by atoms with Gasteiger partial charge in [0.05, 0.1) is 11.6 Å². The largest absolute Gasteiger partial charge is 0.491 e. The van der Waals surface area contributed by atoms with Crippen LogP contribution in [-0.4, -0.2) is 74.2 Å². The maximum atomic E-state index is 11.8. The Hall–Kier alpha value is -1.83. The van der Waals surface area contributed by atoms with Crippen molar-refractivity contribution in [2.24, 2.45) is 0 Å². The van der Waals surface area contributed by atoms with Gasteiger partial charge < -0.3 is 10.1 Å². The number of imide groups is 1. The number of benzene rings is 1. The maximum absolute atomic E-state index is 11.8. The number of carbonyl (C=O) groups excluding carboxylic acids is 2. The lowest BCUT2D eigenvalue weighted by Gasteiger charge is -2.34. The monoisotopic (exact) mass is 368 g/mol. The van der Waals surface area contributed by atoms with Gasteiger partial charge in [-0.25, -0.2) is 4.79 Å². The van der Waals surface area contributed by atoms with Crippen molar-refractivity contribution in [3.63, 3.8) is 0 Å². The standard InChI is InChI=1S/C17H25ClN4O3/c1-2-19-17(24)20-16(23)13-22-9-7-21(8-10-22)11-12-25-15-6-4-3-5-14(15)18/h3-6H,2,7-13H2,1H3,(H2,19,20,23,24). The van der Waals surface area contributed by atoms with Gasteiger partial charge in [-0.15, -0.1) is 0 Å². The zero-order chi connectivity index (χ0) is 18.1. The van der Waals surface area contributed by atoms with E-state index in [4.69, 9.17) is 16.3 Å². The summed E-state index contributed by atoms with van der Waals surface area (Å²) in [7, 11) is 0. The second kappa shape index (κ2) is 10.2. The molecule has 0 aromatic heterocycles. The molecule has 2 N–H and O–H groups in total. The lowest BCUT2D eigenvalue weighted by atomic mass is 10.3. The molecule has 1 aliphatic rings. The second-order valence-corrected chi connectivity index (χ2v) is 6.21. The van der Waals surface area contributed by atoms with Crippen LogP contribution >= 0.6 is 11.6 Å². The SMILES string of the molecule is CCNC(=O)NC(=O)CN1CCN(CCOc2ccccc2Cl)CC1. The molecule has 1 aromatic rings. The van der Waals surface area contributed by atoms with Crippen LogP contribution in [0.3, 0.4) is 0 Å². The molecular weight excluding hydrogens is 344 g/mol. The minimum Gasteiger partial charge on any atom is -0.491 e. The van der Waals surface area contributed by atoms with Crippen molar-refractivity contribution in [2.75, 3.05) is 52.4 Å². The number of nitrogens with zero attached hydrogens (tertiary/aromatic N) is 2. The molecule has 2 rings (SSSR count). The highest BCUT2D eigenvalue weighted by Crippen LogP contribution is 2.22. The van der Waals surface area contributed by atoms with Gasteiger partial charge >= 0.3 is 6.03 Å². The molecule has 7 nitrogen and oxygen atoms in total. The molecular formula is C17H25ClN4O3. The van der Waals surface area contributed by atoms with E-state index in [1.165, 1.54) is 0 Å². The van der Waals surface area contributed by atoms with E-state index in [0.717, 1.165) is 32.7 Å². The predicted octanol–water partition coefficient (Wildman–Crippen LogP) is 1.18. The molecule has 1 saturated heterocycles. The molecule has 0 spiro atoms. The van der Waals surface area contributed by atoms with Gasteiger partial charge in [0.1, 0.15) is 12.4 Å². The quantitative estimate of drug-likeness (QED) is 0.756. The highest BCUT2D eigenvalue weighted by atomic mass is 35.5. The first kappa shape index (κ1) is 19.5. The minimum atomic E-state index is -0.442. The van der Waals surface area contributed by atoms with Gasteiger partial charge in [0, 0.05) is 39.3 Å². The van der Waals surface area contributed by atoms with E-state index in [2.05, 4.69) is 15.5 Å². The smallest absolute Gasteiger partial charge is 0.321 e. The van der Waals surface area contributed by atoms with Gasteiger partial charge in [0.15, 0.2) is 0 Å². The van der Waals surface area contributed by atoms with Crippen LogP contribution in [0.25, 0.3) is 0 Å². The Morgan fingerprint density at radius 2 is 1.84 bits per heavy atom. The number of urea groups is 1. The van der Waals surface area contributed by atoms with E-state index < -0.39 is 6.03 Å². The topological polar surface area (TPSA) is 73.9 Å². The van der Waals surface area contributed by atoms with Crippen LogP contribution < -0.4 is 15.4 Å². The number of nitrogens with one attached hydrogen (secondary N) is 2. The number of rotatable bonds is 7. The molecule has 0 bridgehead atoms. The summed E-state index contributed by atoms with van der Waals surface area (Å²) >= 11 is 6.06. The van der Waals surface area contributed by atoms with Crippen LogP contribution in [0.5, 0.6) is 5.75 Å². The molecule has 0 unspecified atom stereocenters. The summed E-state index contributed by atoms with van der Waals surface area (Å²) < 4.78 is 5.70. The third kappa shape index (κ3) is 6.89. The van der Waals surface area contributed by atoms with Crippen molar-refractivity contribution in [3.8, 4) is 5.75 Å². The molecule has 1 fully saturated rings. The summed E-state index contributed by atoms with van der Waals surface area (Å²) in [5.41, 5.74) is 0. The molecule has 0 radical (unpaired) electrons. The summed E-state index contributed by atoms with van der Waals surface area (Å²) in [6.07, 6.45) is 0. The molecule has 1 heterocycles. The zero-order valence-electron chi connectivity index (χ0n) is 14.5. The molecule has 0 aliphatic carbocycles. The van der Waals surface area contributed by atoms with Crippen LogP contribution in [0.15, 0.2) is 24.3 Å². The normalized spacial score (nSPS) is 15.6. The minimum absolute atomic E-state index is 0.237. The molecule has 1 aromatic carbocycles. The van der Waals surface area contributed by atoms with Crippen molar-refractivity contribution >= 4 is 23.5 Å². The molecule has 8 heteroatoms. The highest BCUT2D eigenvalue weighted by Gasteiger charge is 2.19. The molecule has 1 aliphatic heterocycles. The number of hydrogen-bond donors (Lipinski definition) is 2. The Bertz CT molecular complexity index is 577.